The van der Waals surface area contributed by atoms with E-state index in [9.17, 15) is 0 Å². The van der Waals surface area contributed by atoms with Crippen molar-refractivity contribution in [3.63, 3.8) is 0 Å². The summed E-state index contributed by atoms with van der Waals surface area (Å²) in [4.78, 5) is 0. The van der Waals surface area contributed by atoms with Gasteiger partial charge in [-0.05, 0) is 234 Å². The lowest BCUT2D eigenvalue weighted by atomic mass is 9.67. The van der Waals surface area contributed by atoms with E-state index >= 15 is 0 Å². The monoisotopic (exact) mass is 1340 g/mol. The maximum atomic E-state index is 6.34. The van der Waals surface area contributed by atoms with Crippen molar-refractivity contribution >= 4 is 11.6 Å². The van der Waals surface area contributed by atoms with Crippen LogP contribution in [-0.4, -0.2) is 0 Å². The molecule has 0 bridgehead atoms. The minimum atomic E-state index is -0.435. The lowest BCUT2D eigenvalue weighted by molar-refractivity contribution is 0.398. The molecule has 0 amide bonds. The Morgan fingerprint density at radius 1 is 0.225 bits per heavy atom. The quantitative estimate of drug-likeness (QED) is 0.0629. The van der Waals surface area contributed by atoms with Crippen molar-refractivity contribution in [1.82, 2.24) is 0 Å². The number of unbranched alkanes of at least 4 members (excludes halogenated alkanes) is 9. The first-order valence-electron chi connectivity index (χ1n) is 38.1. The molecule has 17 rings (SSSR count). The number of halogens is 1. The van der Waals surface area contributed by atoms with E-state index in [0.717, 1.165) is 5.02 Å². The van der Waals surface area contributed by atoms with E-state index in [1.165, 1.54) is 239 Å². The minimum absolute atomic E-state index is 0.0726. The Morgan fingerprint density at radius 2 is 0.480 bits per heavy atom. The summed E-state index contributed by atoms with van der Waals surface area (Å²) in [5.74, 6) is 0. The Kier molecular flexibility index (Phi) is 17.0. The fourth-order valence-electron chi connectivity index (χ4n) is 18.9. The Morgan fingerprint density at radius 3 is 0.843 bits per heavy atom. The zero-order valence-corrected chi connectivity index (χ0v) is 61.0. The molecule has 0 heterocycles. The van der Waals surface area contributed by atoms with Crippen LogP contribution in [0.5, 0.6) is 0 Å². The van der Waals surface area contributed by atoms with Crippen molar-refractivity contribution < 1.29 is 0 Å². The highest BCUT2D eigenvalue weighted by molar-refractivity contribution is 6.30. The molecular formula is C101H91Cl. The van der Waals surface area contributed by atoms with Crippen molar-refractivity contribution in [3.05, 3.63) is 346 Å². The number of hydrogen-bond donors (Lipinski definition) is 0. The molecule has 0 aliphatic heterocycles. The van der Waals surface area contributed by atoms with E-state index in [0.29, 0.717) is 0 Å². The Bertz CT molecular complexity index is 5280. The molecule has 4 aliphatic rings. The number of fused-ring (bicyclic) bond motifs is 12. The van der Waals surface area contributed by atoms with Gasteiger partial charge in [-0.1, -0.05) is 354 Å². The third-order valence-corrected chi connectivity index (χ3v) is 24.7. The first kappa shape index (κ1) is 65.5. The molecule has 502 valence electrons. The van der Waals surface area contributed by atoms with Gasteiger partial charge in [0.1, 0.15) is 0 Å². The Labute approximate surface area is 611 Å². The van der Waals surface area contributed by atoms with E-state index in [-0.39, 0.29) is 16.2 Å². The summed E-state index contributed by atoms with van der Waals surface area (Å²) in [5.41, 5.74) is 39.0. The molecule has 0 fully saturated rings. The van der Waals surface area contributed by atoms with Gasteiger partial charge in [0, 0.05) is 21.3 Å². The average Bonchev–Trinajstić information content (AvgIpc) is 1.54. The number of benzene rings is 13. The van der Waals surface area contributed by atoms with Crippen molar-refractivity contribution in [2.75, 3.05) is 0 Å². The lowest BCUT2D eigenvalue weighted by Crippen LogP contribution is -2.28. The van der Waals surface area contributed by atoms with Gasteiger partial charge in [0.05, 0.1) is 5.41 Å². The first-order chi connectivity index (χ1) is 49.9. The minimum Gasteiger partial charge on any atom is -0.0843 e. The maximum Gasteiger partial charge on any atom is 0.0713 e. The molecule has 0 N–H and O–H groups in total. The fourth-order valence-corrected chi connectivity index (χ4v) is 19.1. The molecular weight excluding hydrogens is 1250 g/mol. The molecule has 1 atom stereocenters. The van der Waals surface area contributed by atoms with Crippen LogP contribution in [0.4, 0.5) is 0 Å². The van der Waals surface area contributed by atoms with Gasteiger partial charge in [0.2, 0.25) is 0 Å². The summed E-state index contributed by atoms with van der Waals surface area (Å²) in [6.07, 6.45) is 16.5. The van der Waals surface area contributed by atoms with Crippen molar-refractivity contribution in [2.24, 2.45) is 0 Å². The summed E-state index contributed by atoms with van der Waals surface area (Å²) in [6.45, 7) is 14.3. The lowest BCUT2D eigenvalue weighted by Gasteiger charge is -2.34. The highest BCUT2D eigenvalue weighted by Crippen LogP contribution is 2.60. The third-order valence-electron chi connectivity index (χ3n) is 24.4. The van der Waals surface area contributed by atoms with Crippen LogP contribution in [-0.2, 0) is 21.7 Å². The van der Waals surface area contributed by atoms with Gasteiger partial charge in [0.25, 0.3) is 0 Å². The van der Waals surface area contributed by atoms with Gasteiger partial charge >= 0.3 is 0 Å². The number of rotatable bonds is 21. The normalized spacial score (nSPS) is 15.6. The van der Waals surface area contributed by atoms with Crippen molar-refractivity contribution in [2.45, 2.75) is 147 Å². The summed E-state index contributed by atoms with van der Waals surface area (Å²) >= 11 is 6.34. The predicted octanol–water partition coefficient (Wildman–Crippen LogP) is 28.7. The van der Waals surface area contributed by atoms with E-state index < -0.39 is 5.41 Å². The molecule has 13 aromatic carbocycles. The van der Waals surface area contributed by atoms with Crippen LogP contribution in [0.25, 0.3) is 111 Å². The van der Waals surface area contributed by atoms with Gasteiger partial charge < -0.3 is 0 Å². The SMILES string of the molecule is CCCCCCCCC1(CCCCCCC)c2cc(-c3ccc(-c4ccc5c(c4)C(C)(C)c4cc(-c6ccc(-c7ccc8c(c7)C(c7ccccc7)(c7ccccc7)c7ccccc7-8)cc6)ccc4-5)cc3)ccc2-c2ccc(-c3ccc4c(c3)C(C)(C)c3cc(-c5ccc(Cl)cc5)ccc3-4)cc21. The molecule has 102 heavy (non-hydrogen) atoms. The summed E-state index contributed by atoms with van der Waals surface area (Å²) in [6, 6.07) is 109. The topological polar surface area (TPSA) is 0 Å². The molecule has 0 aromatic heterocycles. The maximum absolute atomic E-state index is 6.34. The molecule has 0 saturated carbocycles. The average molecular weight is 1340 g/mol. The predicted molar refractivity (Wildman–Crippen MR) is 434 cm³/mol. The van der Waals surface area contributed by atoms with Crippen LogP contribution in [0, 0.1) is 0 Å². The van der Waals surface area contributed by atoms with Crippen molar-refractivity contribution in [3.8, 4) is 111 Å². The Balaban J connectivity index is 0.650. The van der Waals surface area contributed by atoms with E-state index in [4.69, 9.17) is 11.6 Å². The zero-order chi connectivity index (χ0) is 69.3. The van der Waals surface area contributed by atoms with Gasteiger partial charge in [0.15, 0.2) is 0 Å². The van der Waals surface area contributed by atoms with Gasteiger partial charge in [-0.15, -0.1) is 0 Å². The molecule has 1 unspecified atom stereocenters. The summed E-state index contributed by atoms with van der Waals surface area (Å²) < 4.78 is 0. The smallest absolute Gasteiger partial charge is 0.0713 e. The highest BCUT2D eigenvalue weighted by atomic mass is 35.5. The van der Waals surface area contributed by atoms with Crippen LogP contribution in [0.1, 0.15) is 181 Å². The fraction of sp³-hybridized carbons (Fsp3) is 0.228. The van der Waals surface area contributed by atoms with E-state index in [2.05, 4.69) is 315 Å². The third kappa shape index (κ3) is 11.0. The zero-order valence-electron chi connectivity index (χ0n) is 60.2. The highest BCUT2D eigenvalue weighted by Gasteiger charge is 2.47. The first-order valence-corrected chi connectivity index (χ1v) is 38.5. The van der Waals surface area contributed by atoms with Gasteiger partial charge in [-0.25, -0.2) is 0 Å². The van der Waals surface area contributed by atoms with Crippen LogP contribution >= 0.6 is 11.6 Å². The van der Waals surface area contributed by atoms with Crippen LogP contribution < -0.4 is 0 Å². The summed E-state index contributed by atoms with van der Waals surface area (Å²) in [7, 11) is 0. The largest absolute Gasteiger partial charge is 0.0843 e. The molecule has 4 aliphatic carbocycles. The van der Waals surface area contributed by atoms with E-state index in [1.807, 2.05) is 12.1 Å². The molecule has 0 spiro atoms. The summed E-state index contributed by atoms with van der Waals surface area (Å²) in [5, 5.41) is 0.765. The van der Waals surface area contributed by atoms with Gasteiger partial charge in [-0.2, -0.15) is 0 Å². The molecule has 13 aromatic rings. The number of hydrogen-bond acceptors (Lipinski definition) is 0. The van der Waals surface area contributed by atoms with Gasteiger partial charge in [-0.3, -0.25) is 0 Å². The molecule has 0 nitrogen and oxygen atoms in total. The van der Waals surface area contributed by atoms with Crippen LogP contribution in [0.15, 0.2) is 285 Å². The van der Waals surface area contributed by atoms with E-state index in [1.54, 1.807) is 11.1 Å². The molecule has 0 saturated heterocycles. The second-order valence-electron chi connectivity index (χ2n) is 31.0. The molecule has 0 radical (unpaired) electrons. The standard InChI is InChI=1S/C101H91Cl/c1-7-9-11-13-15-25-59-100(58-24-14-12-10-8-2)95-64-75(45-55-87(95)88-56-48-78(65-96(88)100)77-47-54-86-85-53-44-74(71-40-49-81(102)50-41-71)62-93(85)99(5,6)94(86)63-77)69-36-32-67(33-37-69)72-42-51-83-84-52-43-73(61-92(84)98(3,4)91(83)60-72)68-34-38-70(39-35-68)76-46-57-89-82-30-22-23-31-90(82)101(97(89)66-76,79-26-18-16-19-27-79)80-28-20-17-21-29-80/h16-23,26-57,60-66H,7-15,24-25,58-59H2,1-6H3. The molecule has 1 heteroatoms. The van der Waals surface area contributed by atoms with Crippen molar-refractivity contribution in [1.29, 1.82) is 0 Å². The Hall–Kier alpha value is -9.85. The second kappa shape index (κ2) is 26.5. The second-order valence-corrected chi connectivity index (χ2v) is 31.5. The van der Waals surface area contributed by atoms with Crippen LogP contribution in [0.2, 0.25) is 5.02 Å². The van der Waals surface area contributed by atoms with Crippen LogP contribution in [0.3, 0.4) is 0 Å².